The zero-order chi connectivity index (χ0) is 57.7. The monoisotopic (exact) mass is 1150 g/mol. The minimum atomic E-state index is -1.64. The van der Waals surface area contributed by atoms with Gasteiger partial charge in [-0.3, -0.25) is 14.4 Å². The molecule has 4 saturated heterocycles. The fourth-order valence-electron chi connectivity index (χ4n) is 11.5. The number of amidine groups is 1. The number of ether oxygens (including phenoxy) is 1. The summed E-state index contributed by atoms with van der Waals surface area (Å²) >= 11 is 7.83. The number of fused-ring (bicyclic) bond motifs is 3. The summed E-state index contributed by atoms with van der Waals surface area (Å²) in [6.45, 7) is 10.8. The van der Waals surface area contributed by atoms with Gasteiger partial charge < -0.3 is 45.6 Å². The molecule has 3 amide bonds. The fraction of sp³-hybridized carbons (Fsp3) is 0.424. The highest BCUT2D eigenvalue weighted by atomic mass is 35.5. The molecule has 5 unspecified atom stereocenters. The maximum absolute atomic E-state index is 17.4. The molecule has 0 aliphatic carbocycles. The van der Waals surface area contributed by atoms with E-state index in [0.717, 1.165) is 42.6 Å². The summed E-state index contributed by atoms with van der Waals surface area (Å²) in [5.74, 6) is -2.30. The lowest BCUT2D eigenvalue weighted by Crippen LogP contribution is -2.53. The summed E-state index contributed by atoms with van der Waals surface area (Å²) in [4.78, 5) is 46.0. The molecule has 0 radical (unpaired) electrons. The van der Waals surface area contributed by atoms with Crippen molar-refractivity contribution in [1.29, 1.82) is 5.26 Å². The van der Waals surface area contributed by atoms with Crippen molar-refractivity contribution in [2.75, 3.05) is 63.5 Å². The molecule has 4 fully saturated rings. The van der Waals surface area contributed by atoms with Gasteiger partial charge in [0.1, 0.15) is 52.6 Å². The van der Waals surface area contributed by atoms with Crippen LogP contribution in [-0.4, -0.2) is 121 Å². The van der Waals surface area contributed by atoms with Crippen LogP contribution in [0.4, 0.5) is 32.6 Å². The SMILES string of the molecule is CC(C)C(C(=O)N1CCCC1C)c1cc(OCC2(F)CCN(CCNc3c(C(=NC=O)N4CC5CCC(C4)N5)cc(Cl)c(-c4ccc(F)c5sc(N)c(C#N)c45)c3F)CC2)no1.CC(NC=O)c1ccc(-c2c(F)cccc2F)cc1. The number of anilines is 2. The molecule has 10 rings (SSSR count). The number of thiophene rings is 1. The van der Waals surface area contributed by atoms with Gasteiger partial charge in [0.15, 0.2) is 11.6 Å². The van der Waals surface area contributed by atoms with Crippen LogP contribution in [0.5, 0.6) is 5.88 Å². The average molecular weight is 1160 g/mol. The highest BCUT2D eigenvalue weighted by Crippen LogP contribution is 2.46. The van der Waals surface area contributed by atoms with Crippen LogP contribution in [0, 0.1) is 40.5 Å². The number of nitrogen functional groups attached to an aromatic ring is 1. The first-order chi connectivity index (χ1) is 38.9. The van der Waals surface area contributed by atoms with Crippen LogP contribution in [-0.2, 0) is 14.4 Å². The summed E-state index contributed by atoms with van der Waals surface area (Å²) < 4.78 is 87.3. The quantitative estimate of drug-likeness (QED) is 0.0293. The first-order valence-corrected chi connectivity index (χ1v) is 28.4. The molecule has 81 heavy (non-hydrogen) atoms. The molecular weight excluding hydrogens is 1090 g/mol. The summed E-state index contributed by atoms with van der Waals surface area (Å²) in [5, 5.41) is 23.7. The van der Waals surface area contributed by atoms with Crippen LogP contribution >= 0.6 is 22.9 Å². The zero-order valence-corrected chi connectivity index (χ0v) is 46.9. The normalized spacial score (nSPS) is 19.7. The molecule has 15 nitrogen and oxygen atoms in total. The van der Waals surface area contributed by atoms with E-state index >= 15 is 13.2 Å². The molecule has 2 bridgehead atoms. The number of alkyl halides is 1. The van der Waals surface area contributed by atoms with Crippen molar-refractivity contribution in [3.63, 3.8) is 0 Å². The number of benzene rings is 4. The second-order valence-corrected chi connectivity index (χ2v) is 23.0. The lowest BCUT2D eigenvalue weighted by Gasteiger charge is -2.36. The molecule has 4 aliphatic heterocycles. The Morgan fingerprint density at radius 1 is 1.00 bits per heavy atom. The molecule has 5 atom stereocenters. The Morgan fingerprint density at radius 2 is 1.70 bits per heavy atom. The molecule has 0 saturated carbocycles. The van der Waals surface area contributed by atoms with Crippen molar-refractivity contribution in [2.45, 2.75) is 102 Å². The third-order valence-electron chi connectivity index (χ3n) is 15.9. The highest BCUT2D eigenvalue weighted by Gasteiger charge is 2.39. The number of aromatic nitrogens is 1. The molecule has 2 aromatic heterocycles. The van der Waals surface area contributed by atoms with Gasteiger partial charge in [0.05, 0.1) is 32.6 Å². The van der Waals surface area contributed by atoms with E-state index in [0.29, 0.717) is 63.4 Å². The van der Waals surface area contributed by atoms with Gasteiger partial charge in [0, 0.05) is 86.5 Å². The predicted octanol–water partition coefficient (Wildman–Crippen LogP) is 10.8. The van der Waals surface area contributed by atoms with Crippen molar-refractivity contribution in [1.82, 2.24) is 30.5 Å². The van der Waals surface area contributed by atoms with Gasteiger partial charge in [0.2, 0.25) is 18.7 Å². The maximum Gasteiger partial charge on any atom is 0.254 e. The van der Waals surface area contributed by atoms with Gasteiger partial charge in [-0.1, -0.05) is 61.8 Å². The Hall–Kier alpha value is -7.12. The Morgan fingerprint density at radius 3 is 2.33 bits per heavy atom. The number of nitrogens with zero attached hydrogens (tertiary/aromatic N) is 6. The smallest absolute Gasteiger partial charge is 0.254 e. The van der Waals surface area contributed by atoms with Crippen LogP contribution in [0.3, 0.4) is 0 Å². The molecule has 5 N–H and O–H groups in total. The second kappa shape index (κ2) is 25.3. The third-order valence-corrected chi connectivity index (χ3v) is 17.2. The van der Waals surface area contributed by atoms with Crippen molar-refractivity contribution in [3.8, 4) is 34.2 Å². The van der Waals surface area contributed by atoms with E-state index in [1.54, 1.807) is 36.4 Å². The van der Waals surface area contributed by atoms with Crippen molar-refractivity contribution in [2.24, 2.45) is 10.9 Å². The number of carbonyl (C=O) groups is 3. The number of piperazine rings is 1. The zero-order valence-electron chi connectivity index (χ0n) is 45.3. The largest absolute Gasteiger partial charge is 0.472 e. The average Bonchev–Trinajstić information content (AvgIpc) is 4.31. The first kappa shape index (κ1) is 58.5. The minimum Gasteiger partial charge on any atom is -0.472 e. The second-order valence-electron chi connectivity index (χ2n) is 21.6. The van der Waals surface area contributed by atoms with Gasteiger partial charge in [-0.15, -0.1) is 11.3 Å². The molecule has 6 aromatic rings. The van der Waals surface area contributed by atoms with Crippen LogP contribution in [0.1, 0.15) is 101 Å². The molecule has 4 aromatic carbocycles. The van der Waals surface area contributed by atoms with E-state index in [1.165, 1.54) is 30.3 Å². The Kier molecular flexibility index (Phi) is 18.3. The Bertz CT molecular complexity index is 3310. The lowest BCUT2D eigenvalue weighted by atomic mass is 9.91. The molecule has 22 heteroatoms. The van der Waals surface area contributed by atoms with Gasteiger partial charge in [0.25, 0.3) is 5.88 Å². The van der Waals surface area contributed by atoms with E-state index in [1.807, 2.05) is 43.6 Å². The van der Waals surface area contributed by atoms with E-state index in [-0.39, 0.29) is 127 Å². The number of amides is 3. The van der Waals surface area contributed by atoms with Crippen molar-refractivity contribution in [3.05, 3.63) is 117 Å². The van der Waals surface area contributed by atoms with E-state index in [9.17, 15) is 28.4 Å². The molecule has 4 aliphatic rings. The molecule has 0 spiro atoms. The van der Waals surface area contributed by atoms with Crippen molar-refractivity contribution >= 4 is 68.3 Å². The molecule has 6 heterocycles. The number of carbonyl (C=O) groups excluding carboxylic acids is 3. The summed E-state index contributed by atoms with van der Waals surface area (Å²) in [7, 11) is 0. The fourth-order valence-corrected chi connectivity index (χ4v) is 12.7. The lowest BCUT2D eigenvalue weighted by molar-refractivity contribution is -0.135. The third kappa shape index (κ3) is 12.7. The van der Waals surface area contributed by atoms with Crippen LogP contribution in [0.25, 0.3) is 32.3 Å². The van der Waals surface area contributed by atoms with Crippen LogP contribution in [0.15, 0.2) is 76.2 Å². The van der Waals surface area contributed by atoms with Gasteiger partial charge in [-0.25, -0.2) is 22.0 Å². The van der Waals surface area contributed by atoms with Crippen LogP contribution in [0.2, 0.25) is 5.02 Å². The minimum absolute atomic E-state index is 0.000224. The topological polar surface area (TPSA) is 194 Å². The maximum atomic E-state index is 17.4. The number of aliphatic imine (C=N–C) groups is 1. The number of hydrogen-bond donors (Lipinski definition) is 4. The van der Waals surface area contributed by atoms with Gasteiger partial charge in [-0.05, 0) is 104 Å². The van der Waals surface area contributed by atoms with Crippen LogP contribution < -0.4 is 26.4 Å². The first-order valence-electron chi connectivity index (χ1n) is 27.2. The molecular formula is C59H64ClF5N10O5S. The Labute approximate surface area is 475 Å². The summed E-state index contributed by atoms with van der Waals surface area (Å²) in [6, 6.07) is 18.7. The highest BCUT2D eigenvalue weighted by molar-refractivity contribution is 7.23. The number of nitrogens with one attached hydrogen (secondary N) is 3. The number of likely N-dealkylation sites (tertiary alicyclic amines) is 3. The number of hydrogen-bond acceptors (Lipinski definition) is 12. The van der Waals surface area contributed by atoms with E-state index in [2.05, 4.69) is 31.0 Å². The van der Waals surface area contributed by atoms with E-state index < -0.39 is 34.9 Å². The number of piperidine rings is 1. The number of rotatable bonds is 17. The number of nitriles is 1. The van der Waals surface area contributed by atoms with Crippen molar-refractivity contribution < 1.29 is 45.6 Å². The Balaban J connectivity index is 0.000000352. The summed E-state index contributed by atoms with van der Waals surface area (Å²) in [5.41, 5.74) is 6.25. The van der Waals surface area contributed by atoms with E-state index in [4.69, 9.17) is 26.6 Å². The molecule has 428 valence electrons. The van der Waals surface area contributed by atoms with Gasteiger partial charge >= 0.3 is 0 Å². The predicted molar refractivity (Wildman–Crippen MR) is 303 cm³/mol. The number of halogens is 6. The van der Waals surface area contributed by atoms with Gasteiger partial charge in [-0.2, -0.15) is 10.3 Å². The summed E-state index contributed by atoms with van der Waals surface area (Å²) in [6.07, 6.45) is 5.26. The number of nitrogens with two attached hydrogens (primary N) is 1. The standard InChI is InChI=1S/C44H51ClF3N9O4S.C15H13F2NO/c1-24(2)35(43(59)57-13-4-5-25(57)3)33-18-34(54-61-33)60-22-44(48)10-14-55(15-11-44)16-12-51-39-29(42(52-23-58)56-20-26-6-7-27(21-56)53-26)17-31(45)37(38(39)47)28-8-9-32(46)40-36(28)30(19-49)41(50)62-40;1-10(18-9-19)11-5-7-12(8-6-11)15-13(16)3-2-4-14(15)17/h8-9,17-18,23-27,35,51,53H,4-7,10-16,20-22,50H2,1-3H3;2-10H,1H3,(H,18,19).